The van der Waals surface area contributed by atoms with E-state index < -0.39 is 14.6 Å². The van der Waals surface area contributed by atoms with Gasteiger partial charge in [-0.15, -0.1) is 24.0 Å². The van der Waals surface area contributed by atoms with Gasteiger partial charge < -0.3 is 14.8 Å². The number of aryl methyl sites for hydroxylation is 1. The Morgan fingerprint density at radius 2 is 2.04 bits per heavy atom. The molecule has 0 aliphatic carbocycles. The zero-order valence-corrected chi connectivity index (χ0v) is 19.2. The molecule has 1 heterocycles. The summed E-state index contributed by atoms with van der Waals surface area (Å²) in [6.07, 6.45) is 3.24. The molecular weight excluding hydrogens is 495 g/mol. The second kappa shape index (κ2) is 8.70. The highest BCUT2D eigenvalue weighted by Crippen LogP contribution is 2.16. The highest BCUT2D eigenvalue weighted by atomic mass is 127. The smallest absolute Gasteiger partial charge is 0.193 e. The Hall–Kier alpha value is -0.290. The van der Waals surface area contributed by atoms with Gasteiger partial charge in [-0.2, -0.15) is 0 Å². The second-order valence-corrected chi connectivity index (χ2v) is 9.61. The molecule has 1 rings (SSSR count). The fraction of sp³-hybridized carbons (Fsp3) is 0.643. The fourth-order valence-electron chi connectivity index (χ4n) is 1.85. The van der Waals surface area contributed by atoms with Gasteiger partial charge in [-0.05, 0) is 35.8 Å². The van der Waals surface area contributed by atoms with E-state index in [1.165, 1.54) is 6.26 Å². The van der Waals surface area contributed by atoms with E-state index in [0.29, 0.717) is 19.0 Å². The van der Waals surface area contributed by atoms with Gasteiger partial charge in [-0.25, -0.2) is 8.42 Å². The van der Waals surface area contributed by atoms with Crippen LogP contribution >= 0.6 is 39.9 Å². The van der Waals surface area contributed by atoms with Gasteiger partial charge in [-0.3, -0.25) is 4.99 Å². The zero-order valence-electron chi connectivity index (χ0n) is 14.4. The van der Waals surface area contributed by atoms with Gasteiger partial charge >= 0.3 is 0 Å². The van der Waals surface area contributed by atoms with Crippen LogP contribution in [0.4, 0.5) is 0 Å². The third-order valence-electron chi connectivity index (χ3n) is 3.72. The van der Waals surface area contributed by atoms with Crippen molar-refractivity contribution < 1.29 is 8.42 Å². The number of hydrogen-bond donors (Lipinski definition) is 1. The molecule has 0 saturated heterocycles. The third-order valence-corrected chi connectivity index (χ3v) is 6.31. The topological polar surface area (TPSA) is 66.7 Å². The van der Waals surface area contributed by atoms with Crippen molar-refractivity contribution >= 4 is 55.7 Å². The first kappa shape index (κ1) is 22.7. The Balaban J connectivity index is 0.00000484. The van der Waals surface area contributed by atoms with Crippen molar-refractivity contribution in [1.29, 1.82) is 0 Å². The highest BCUT2D eigenvalue weighted by molar-refractivity contribution is 14.0. The van der Waals surface area contributed by atoms with Gasteiger partial charge in [0.2, 0.25) is 0 Å². The molecule has 134 valence electrons. The van der Waals surface area contributed by atoms with Gasteiger partial charge in [0.05, 0.1) is 11.3 Å². The van der Waals surface area contributed by atoms with E-state index >= 15 is 0 Å². The molecule has 0 aliphatic heterocycles. The Labute approximate surface area is 164 Å². The van der Waals surface area contributed by atoms with Crippen LogP contribution in [0, 0.1) is 0 Å². The number of nitrogens with one attached hydrogen (secondary N) is 1. The number of guanidine groups is 1. The summed E-state index contributed by atoms with van der Waals surface area (Å²) in [5.41, 5.74) is 1.12. The summed E-state index contributed by atoms with van der Waals surface area (Å²) in [4.78, 5) is 6.18. The lowest BCUT2D eigenvalue weighted by Crippen LogP contribution is -2.48. The van der Waals surface area contributed by atoms with Crippen molar-refractivity contribution in [2.24, 2.45) is 12.0 Å². The van der Waals surface area contributed by atoms with Gasteiger partial charge in [-0.1, -0.05) is 0 Å². The van der Waals surface area contributed by atoms with Crippen LogP contribution in [0.2, 0.25) is 0 Å². The molecule has 1 N–H and O–H groups in total. The second-order valence-electron chi connectivity index (χ2n) is 6.05. The predicted molar refractivity (Wildman–Crippen MR) is 110 cm³/mol. The van der Waals surface area contributed by atoms with E-state index in [1.807, 2.05) is 35.8 Å². The predicted octanol–water partition coefficient (Wildman–Crippen LogP) is 2.24. The van der Waals surface area contributed by atoms with Crippen molar-refractivity contribution in [2.75, 3.05) is 26.9 Å². The summed E-state index contributed by atoms with van der Waals surface area (Å²) in [5, 5.41) is 3.14. The standard InChI is InChI=1S/C14H25BrN4O2S.HI/c1-14(2,22(6,20)21)10-17-13(16-3)19(5)9-12-7-11(15)8-18(12)4;/h7-8H,9-10H2,1-6H3,(H,16,17);1H. The van der Waals surface area contributed by atoms with Crippen LogP contribution in [-0.4, -0.2) is 55.5 Å². The van der Waals surface area contributed by atoms with Gasteiger partial charge in [0.15, 0.2) is 15.8 Å². The molecule has 0 unspecified atom stereocenters. The minimum absolute atomic E-state index is 0. The lowest BCUT2D eigenvalue weighted by Gasteiger charge is -2.27. The monoisotopic (exact) mass is 520 g/mol. The SMILES string of the molecule is CN=C(NCC(C)(C)S(C)(=O)=O)N(C)Cc1cc(Br)cn1C.I. The van der Waals surface area contributed by atoms with Crippen molar-refractivity contribution in [1.82, 2.24) is 14.8 Å². The molecule has 1 aromatic heterocycles. The lowest BCUT2D eigenvalue weighted by atomic mass is 10.2. The average molecular weight is 521 g/mol. The van der Waals surface area contributed by atoms with Crippen LogP contribution in [0.1, 0.15) is 19.5 Å². The lowest BCUT2D eigenvalue weighted by molar-refractivity contribution is 0.454. The molecule has 0 atom stereocenters. The maximum Gasteiger partial charge on any atom is 0.193 e. The van der Waals surface area contributed by atoms with Crippen molar-refractivity contribution in [3.63, 3.8) is 0 Å². The van der Waals surface area contributed by atoms with Gasteiger partial charge in [0, 0.05) is 50.3 Å². The Morgan fingerprint density at radius 3 is 2.43 bits per heavy atom. The summed E-state index contributed by atoms with van der Waals surface area (Å²) in [6, 6.07) is 2.05. The molecule has 9 heteroatoms. The number of hydrogen-bond acceptors (Lipinski definition) is 3. The molecule has 6 nitrogen and oxygen atoms in total. The Kier molecular flexibility index (Phi) is 8.59. The molecular formula is C14H26BrIN4O2S. The number of aromatic nitrogens is 1. The number of aliphatic imine (C=N–C) groups is 1. The number of rotatable bonds is 5. The first-order valence-corrected chi connectivity index (χ1v) is 9.58. The van der Waals surface area contributed by atoms with Crippen LogP contribution in [0.25, 0.3) is 0 Å². The average Bonchev–Trinajstić information content (AvgIpc) is 2.67. The fourth-order valence-corrected chi connectivity index (χ4v) is 2.75. The van der Waals surface area contributed by atoms with Crippen molar-refractivity contribution in [3.05, 3.63) is 22.4 Å². The third kappa shape index (κ3) is 6.26. The minimum Gasteiger partial charge on any atom is -0.355 e. The van der Waals surface area contributed by atoms with E-state index in [1.54, 1.807) is 20.9 Å². The van der Waals surface area contributed by atoms with E-state index in [2.05, 4.69) is 26.2 Å². The molecule has 0 fully saturated rings. The Bertz CT molecular complexity index is 656. The minimum atomic E-state index is -3.14. The molecule has 0 aromatic carbocycles. The Morgan fingerprint density at radius 1 is 1.48 bits per heavy atom. The molecule has 0 spiro atoms. The number of halogens is 2. The summed E-state index contributed by atoms with van der Waals surface area (Å²) in [7, 11) is 2.45. The summed E-state index contributed by atoms with van der Waals surface area (Å²) in [5.74, 6) is 0.661. The van der Waals surface area contributed by atoms with Crippen molar-refractivity contribution in [2.45, 2.75) is 25.1 Å². The van der Waals surface area contributed by atoms with E-state index in [-0.39, 0.29) is 24.0 Å². The van der Waals surface area contributed by atoms with Crippen molar-refractivity contribution in [3.8, 4) is 0 Å². The van der Waals surface area contributed by atoms with Gasteiger partial charge in [0.25, 0.3) is 0 Å². The summed E-state index contributed by atoms with van der Waals surface area (Å²) >= 11 is 3.45. The molecule has 0 aliphatic rings. The number of nitrogens with zero attached hydrogens (tertiary/aromatic N) is 3. The summed E-state index contributed by atoms with van der Waals surface area (Å²) < 4.78 is 25.7. The maximum absolute atomic E-state index is 11.8. The molecule has 1 aromatic rings. The van der Waals surface area contributed by atoms with Crippen LogP contribution in [0.3, 0.4) is 0 Å². The van der Waals surface area contributed by atoms with E-state index in [0.717, 1.165) is 10.2 Å². The van der Waals surface area contributed by atoms with Crippen LogP contribution in [0.15, 0.2) is 21.7 Å². The van der Waals surface area contributed by atoms with E-state index in [9.17, 15) is 8.42 Å². The van der Waals surface area contributed by atoms with E-state index in [4.69, 9.17) is 0 Å². The van der Waals surface area contributed by atoms with Crippen LogP contribution < -0.4 is 5.32 Å². The van der Waals surface area contributed by atoms with Crippen LogP contribution in [-0.2, 0) is 23.4 Å². The summed E-state index contributed by atoms with van der Waals surface area (Å²) in [6.45, 7) is 4.38. The highest BCUT2D eigenvalue weighted by Gasteiger charge is 2.30. The van der Waals surface area contributed by atoms with Crippen LogP contribution in [0.5, 0.6) is 0 Å². The molecule has 23 heavy (non-hydrogen) atoms. The zero-order chi connectivity index (χ0) is 17.1. The maximum atomic E-state index is 11.8. The number of sulfone groups is 1. The normalized spacial score (nSPS) is 12.7. The quantitative estimate of drug-likeness (QED) is 0.367. The molecule has 0 bridgehead atoms. The van der Waals surface area contributed by atoms with Gasteiger partial charge in [0.1, 0.15) is 0 Å². The molecule has 0 radical (unpaired) electrons. The largest absolute Gasteiger partial charge is 0.355 e. The first-order valence-electron chi connectivity index (χ1n) is 6.90. The molecule has 0 amide bonds. The molecule has 0 saturated carbocycles. The first-order chi connectivity index (χ1) is 9.98.